The highest BCUT2D eigenvalue weighted by atomic mass is 32.1. The van der Waals surface area contributed by atoms with Gasteiger partial charge in [-0.25, -0.2) is 4.90 Å². The molecule has 0 radical (unpaired) electrons. The molecule has 5 nitrogen and oxygen atoms in total. The van der Waals surface area contributed by atoms with Crippen LogP contribution in [0.25, 0.3) is 0 Å². The zero-order chi connectivity index (χ0) is 17.4. The molecule has 0 bridgehead atoms. The average Bonchev–Trinajstić information content (AvgIpc) is 3.17. The second-order valence-electron chi connectivity index (χ2n) is 5.95. The summed E-state index contributed by atoms with van der Waals surface area (Å²) in [4.78, 5) is 27.5. The SMILES string of the molecule is Cc1nnc(N2C(=O)CC(c3ccccc3)(c3ccccc3)C2=O)s1. The highest BCUT2D eigenvalue weighted by Gasteiger charge is 2.55. The maximum absolute atomic E-state index is 13.5. The Kier molecular flexibility index (Phi) is 3.69. The number of benzene rings is 2. The minimum atomic E-state index is -1.03. The van der Waals surface area contributed by atoms with Crippen molar-refractivity contribution in [1.29, 1.82) is 0 Å². The summed E-state index contributed by atoms with van der Waals surface area (Å²) in [5, 5.41) is 9.00. The molecule has 2 heterocycles. The van der Waals surface area contributed by atoms with Crippen molar-refractivity contribution in [2.75, 3.05) is 4.90 Å². The largest absolute Gasteiger partial charge is 0.274 e. The fraction of sp³-hybridized carbons (Fsp3) is 0.158. The summed E-state index contributed by atoms with van der Waals surface area (Å²) in [6.07, 6.45) is 0.0818. The summed E-state index contributed by atoms with van der Waals surface area (Å²) in [5.74, 6) is -0.528. The maximum Gasteiger partial charge on any atom is 0.251 e. The van der Waals surface area contributed by atoms with E-state index in [-0.39, 0.29) is 18.2 Å². The molecule has 1 aliphatic heterocycles. The molecule has 1 fully saturated rings. The quantitative estimate of drug-likeness (QED) is 0.682. The van der Waals surface area contributed by atoms with E-state index in [2.05, 4.69) is 10.2 Å². The lowest BCUT2D eigenvalue weighted by Crippen LogP contribution is -2.39. The van der Waals surface area contributed by atoms with Crippen molar-refractivity contribution in [2.45, 2.75) is 18.8 Å². The topological polar surface area (TPSA) is 63.2 Å². The first-order chi connectivity index (χ1) is 12.1. The summed E-state index contributed by atoms with van der Waals surface area (Å²) in [5.41, 5.74) is 0.589. The lowest BCUT2D eigenvalue weighted by Gasteiger charge is -2.27. The van der Waals surface area contributed by atoms with Gasteiger partial charge in [0.2, 0.25) is 11.0 Å². The Morgan fingerprint density at radius 2 is 1.48 bits per heavy atom. The highest BCUT2D eigenvalue weighted by Crippen LogP contribution is 2.44. The summed E-state index contributed by atoms with van der Waals surface area (Å²) in [6.45, 7) is 1.80. The van der Waals surface area contributed by atoms with Crippen LogP contribution in [0.5, 0.6) is 0 Å². The molecule has 3 aromatic rings. The number of rotatable bonds is 3. The number of carbonyl (C=O) groups is 2. The van der Waals surface area contributed by atoms with Gasteiger partial charge in [0.05, 0.1) is 6.42 Å². The molecule has 1 saturated heterocycles. The van der Waals surface area contributed by atoms with Crippen molar-refractivity contribution in [1.82, 2.24) is 10.2 Å². The molecule has 1 aromatic heterocycles. The van der Waals surface area contributed by atoms with Crippen molar-refractivity contribution in [3.8, 4) is 0 Å². The number of hydrogen-bond acceptors (Lipinski definition) is 5. The number of nitrogens with zero attached hydrogens (tertiary/aromatic N) is 3. The molecule has 0 saturated carbocycles. The molecule has 2 amide bonds. The minimum Gasteiger partial charge on any atom is -0.274 e. The van der Waals surface area contributed by atoms with Crippen LogP contribution in [0.1, 0.15) is 22.6 Å². The Bertz CT molecular complexity index is 898. The molecular formula is C19H15N3O2S. The second kappa shape index (κ2) is 5.89. The number of anilines is 1. The molecule has 4 rings (SSSR count). The van der Waals surface area contributed by atoms with E-state index in [1.165, 1.54) is 16.2 Å². The summed E-state index contributed by atoms with van der Waals surface area (Å²) in [7, 11) is 0. The zero-order valence-electron chi connectivity index (χ0n) is 13.5. The molecule has 0 aliphatic carbocycles. The fourth-order valence-corrected chi connectivity index (χ4v) is 4.02. The first-order valence-corrected chi connectivity index (χ1v) is 8.73. The van der Waals surface area contributed by atoms with E-state index in [1.54, 1.807) is 6.92 Å². The molecular weight excluding hydrogens is 334 g/mol. The summed E-state index contributed by atoms with van der Waals surface area (Å²) in [6, 6.07) is 18.9. The van der Waals surface area contributed by atoms with Gasteiger partial charge in [-0.15, -0.1) is 10.2 Å². The molecule has 1 aliphatic rings. The van der Waals surface area contributed by atoms with Crippen molar-refractivity contribution in [3.63, 3.8) is 0 Å². The minimum absolute atomic E-state index is 0.0818. The van der Waals surface area contributed by atoms with Crippen LogP contribution in [0.2, 0.25) is 0 Å². The van der Waals surface area contributed by atoms with Crippen LogP contribution >= 0.6 is 11.3 Å². The van der Waals surface area contributed by atoms with Gasteiger partial charge < -0.3 is 0 Å². The number of imide groups is 1. The molecule has 6 heteroatoms. The van der Waals surface area contributed by atoms with Gasteiger partial charge in [0.1, 0.15) is 10.4 Å². The smallest absolute Gasteiger partial charge is 0.251 e. The van der Waals surface area contributed by atoms with Crippen LogP contribution in [-0.2, 0) is 15.0 Å². The van der Waals surface area contributed by atoms with Crippen LogP contribution in [0.3, 0.4) is 0 Å². The van der Waals surface area contributed by atoms with Crippen LogP contribution < -0.4 is 4.90 Å². The fourth-order valence-electron chi connectivity index (χ4n) is 3.32. The Balaban J connectivity index is 1.91. The van der Waals surface area contributed by atoms with Crippen molar-refractivity contribution < 1.29 is 9.59 Å². The predicted octanol–water partition coefficient (Wildman–Crippen LogP) is 3.10. The van der Waals surface area contributed by atoms with Crippen LogP contribution in [0, 0.1) is 6.92 Å². The van der Waals surface area contributed by atoms with E-state index >= 15 is 0 Å². The maximum atomic E-state index is 13.5. The first kappa shape index (κ1) is 15.7. The normalized spacial score (nSPS) is 16.4. The molecule has 124 valence electrons. The number of aryl methyl sites for hydroxylation is 1. The van der Waals surface area contributed by atoms with Crippen LogP contribution in [0.15, 0.2) is 60.7 Å². The van der Waals surface area contributed by atoms with E-state index in [0.717, 1.165) is 11.1 Å². The number of amides is 2. The molecule has 0 unspecified atom stereocenters. The molecule has 25 heavy (non-hydrogen) atoms. The van der Waals surface area contributed by atoms with Crippen molar-refractivity contribution in [3.05, 3.63) is 76.8 Å². The van der Waals surface area contributed by atoms with Gasteiger partial charge >= 0.3 is 0 Å². The van der Waals surface area contributed by atoms with Gasteiger partial charge in [0, 0.05) is 0 Å². The standard InChI is InChI=1S/C19H15N3O2S/c1-13-20-21-18(25-13)22-16(23)12-19(17(22)24,14-8-4-2-5-9-14)15-10-6-3-7-11-15/h2-11H,12H2,1H3. The van der Waals surface area contributed by atoms with Gasteiger partial charge in [-0.2, -0.15) is 0 Å². The summed E-state index contributed by atoms with van der Waals surface area (Å²) >= 11 is 1.25. The highest BCUT2D eigenvalue weighted by molar-refractivity contribution is 7.15. The average molecular weight is 349 g/mol. The van der Waals surface area contributed by atoms with Gasteiger partial charge in [-0.05, 0) is 18.1 Å². The van der Waals surface area contributed by atoms with Crippen LogP contribution in [0.4, 0.5) is 5.13 Å². The van der Waals surface area contributed by atoms with E-state index in [0.29, 0.717) is 10.1 Å². The third-order valence-corrected chi connectivity index (χ3v) is 5.30. The van der Waals surface area contributed by atoms with Gasteiger partial charge in [0.15, 0.2) is 0 Å². The second-order valence-corrected chi connectivity index (χ2v) is 7.11. The first-order valence-electron chi connectivity index (χ1n) is 7.91. The third-order valence-electron chi connectivity index (χ3n) is 4.47. The van der Waals surface area contributed by atoms with Gasteiger partial charge in [-0.1, -0.05) is 72.0 Å². The lowest BCUT2D eigenvalue weighted by atomic mass is 9.73. The van der Waals surface area contributed by atoms with Crippen molar-refractivity contribution >= 4 is 28.3 Å². The van der Waals surface area contributed by atoms with Gasteiger partial charge in [0.25, 0.3) is 5.91 Å². The Hall–Kier alpha value is -2.86. The third kappa shape index (κ3) is 2.37. The Labute approximate surface area is 148 Å². The Morgan fingerprint density at radius 3 is 1.96 bits per heavy atom. The number of aromatic nitrogens is 2. The van der Waals surface area contributed by atoms with Crippen molar-refractivity contribution in [2.24, 2.45) is 0 Å². The zero-order valence-corrected chi connectivity index (χ0v) is 14.4. The molecule has 0 N–H and O–H groups in total. The lowest BCUT2D eigenvalue weighted by molar-refractivity contribution is -0.122. The number of hydrogen-bond donors (Lipinski definition) is 0. The van der Waals surface area contributed by atoms with E-state index in [4.69, 9.17) is 0 Å². The molecule has 2 aromatic carbocycles. The molecule has 0 spiro atoms. The molecule has 0 atom stereocenters. The van der Waals surface area contributed by atoms with E-state index in [1.807, 2.05) is 60.7 Å². The van der Waals surface area contributed by atoms with Gasteiger partial charge in [-0.3, -0.25) is 9.59 Å². The predicted molar refractivity (Wildman–Crippen MR) is 95.4 cm³/mol. The van der Waals surface area contributed by atoms with Crippen LogP contribution in [-0.4, -0.2) is 22.0 Å². The Morgan fingerprint density at radius 1 is 0.920 bits per heavy atom. The number of carbonyl (C=O) groups excluding carboxylic acids is 2. The van der Waals surface area contributed by atoms with E-state index < -0.39 is 5.41 Å². The summed E-state index contributed by atoms with van der Waals surface area (Å²) < 4.78 is 0. The van der Waals surface area contributed by atoms with E-state index in [9.17, 15) is 9.59 Å². The monoisotopic (exact) mass is 349 g/mol.